The van der Waals surface area contributed by atoms with Gasteiger partial charge in [-0.05, 0) is 23.9 Å². The summed E-state index contributed by atoms with van der Waals surface area (Å²) in [5.74, 6) is 0.669. The number of thioether (sulfide) groups is 1. The topological polar surface area (TPSA) is 71.4 Å². The highest BCUT2D eigenvalue weighted by atomic mass is 35.5. The summed E-state index contributed by atoms with van der Waals surface area (Å²) in [6, 6.07) is 3.30. The maximum Gasteiger partial charge on any atom is 0.264 e. The van der Waals surface area contributed by atoms with E-state index in [1.165, 1.54) is 14.2 Å². The number of hydrogen-bond donors (Lipinski definition) is 2. The Bertz CT molecular complexity index is 587. The van der Waals surface area contributed by atoms with Gasteiger partial charge in [-0.25, -0.2) is 0 Å². The van der Waals surface area contributed by atoms with Crippen molar-refractivity contribution in [2.75, 3.05) is 14.2 Å². The van der Waals surface area contributed by atoms with Gasteiger partial charge in [0.05, 0.1) is 19.1 Å². The molecule has 1 aromatic rings. The minimum absolute atomic E-state index is 0.101. The van der Waals surface area contributed by atoms with Crippen LogP contribution in [0.15, 0.2) is 17.0 Å². The smallest absolute Gasteiger partial charge is 0.264 e. The van der Waals surface area contributed by atoms with Gasteiger partial charge in [0.15, 0.2) is 16.7 Å². The van der Waals surface area contributed by atoms with E-state index in [2.05, 4.69) is 5.32 Å². The second-order valence-corrected chi connectivity index (χ2v) is 5.11. The number of carbonyl (C=O) groups excluding carboxylic acids is 1. The van der Waals surface area contributed by atoms with Crippen LogP contribution in [-0.2, 0) is 4.79 Å². The lowest BCUT2D eigenvalue weighted by Crippen LogP contribution is -2.18. The van der Waals surface area contributed by atoms with Crippen molar-refractivity contribution >= 4 is 40.5 Å². The standard InChI is InChI=1S/C12H11ClN2O3S/c1-17-8-5-7(13)3-6(10(8)18-2)4-9-11(16)15-12(14)19-9/h3-5H,1-2H3,(H2,14,15,16). The molecule has 2 rings (SSSR count). The van der Waals surface area contributed by atoms with Gasteiger partial charge in [0.1, 0.15) is 0 Å². The Kier molecular flexibility index (Phi) is 4.01. The average Bonchev–Trinajstić information content (AvgIpc) is 2.67. The molecule has 1 aliphatic heterocycles. The molecule has 1 aliphatic rings. The van der Waals surface area contributed by atoms with E-state index in [4.69, 9.17) is 26.5 Å². The van der Waals surface area contributed by atoms with E-state index in [1.54, 1.807) is 18.2 Å². The first-order valence-corrected chi connectivity index (χ1v) is 6.45. The Morgan fingerprint density at radius 1 is 1.37 bits per heavy atom. The molecule has 1 amide bonds. The summed E-state index contributed by atoms with van der Waals surface area (Å²) in [4.78, 5) is 12.0. The Morgan fingerprint density at radius 3 is 2.63 bits per heavy atom. The third kappa shape index (κ3) is 2.85. The highest BCUT2D eigenvalue weighted by Gasteiger charge is 2.23. The molecule has 0 spiro atoms. The van der Waals surface area contributed by atoms with E-state index >= 15 is 0 Å². The Hall–Kier alpha value is -1.66. The van der Waals surface area contributed by atoms with Crippen molar-refractivity contribution in [1.82, 2.24) is 5.32 Å². The average molecular weight is 299 g/mol. The van der Waals surface area contributed by atoms with Crippen molar-refractivity contribution in [3.8, 4) is 11.5 Å². The number of rotatable bonds is 3. The van der Waals surface area contributed by atoms with Crippen LogP contribution < -0.4 is 14.8 Å². The van der Waals surface area contributed by atoms with Crippen molar-refractivity contribution in [3.63, 3.8) is 0 Å². The van der Waals surface area contributed by atoms with Gasteiger partial charge in [-0.1, -0.05) is 11.6 Å². The largest absolute Gasteiger partial charge is 0.493 e. The van der Waals surface area contributed by atoms with E-state index < -0.39 is 0 Å². The molecular weight excluding hydrogens is 288 g/mol. The molecule has 1 saturated heterocycles. The fraction of sp³-hybridized carbons (Fsp3) is 0.167. The van der Waals surface area contributed by atoms with E-state index in [0.29, 0.717) is 27.0 Å². The van der Waals surface area contributed by atoms with Gasteiger partial charge >= 0.3 is 0 Å². The van der Waals surface area contributed by atoms with Gasteiger partial charge < -0.3 is 14.8 Å². The summed E-state index contributed by atoms with van der Waals surface area (Å²) in [5.41, 5.74) is 0.624. The summed E-state index contributed by atoms with van der Waals surface area (Å²) in [6.45, 7) is 0. The van der Waals surface area contributed by atoms with Gasteiger partial charge in [-0.15, -0.1) is 0 Å². The van der Waals surface area contributed by atoms with Crippen LogP contribution in [0, 0.1) is 5.41 Å². The first kappa shape index (κ1) is 13.8. The van der Waals surface area contributed by atoms with Crippen LogP contribution in [0.2, 0.25) is 5.02 Å². The third-order valence-corrected chi connectivity index (χ3v) is 3.47. The minimum Gasteiger partial charge on any atom is -0.493 e. The van der Waals surface area contributed by atoms with Gasteiger partial charge in [-0.2, -0.15) is 0 Å². The van der Waals surface area contributed by atoms with Crippen molar-refractivity contribution in [2.45, 2.75) is 0 Å². The van der Waals surface area contributed by atoms with Crippen LogP contribution >= 0.6 is 23.4 Å². The number of carbonyl (C=O) groups is 1. The normalized spacial score (nSPS) is 16.7. The lowest BCUT2D eigenvalue weighted by molar-refractivity contribution is -0.115. The summed E-state index contributed by atoms with van der Waals surface area (Å²) >= 11 is 7.05. The van der Waals surface area contributed by atoms with E-state index in [-0.39, 0.29) is 11.1 Å². The van der Waals surface area contributed by atoms with Gasteiger partial charge in [0.2, 0.25) is 0 Å². The van der Waals surface area contributed by atoms with Crippen molar-refractivity contribution < 1.29 is 14.3 Å². The number of amides is 1. The molecule has 1 heterocycles. The predicted molar refractivity (Wildman–Crippen MR) is 76.0 cm³/mol. The molecule has 0 unspecified atom stereocenters. The highest BCUT2D eigenvalue weighted by Crippen LogP contribution is 2.37. The lowest BCUT2D eigenvalue weighted by Gasteiger charge is -2.11. The SMILES string of the molecule is COc1cc(Cl)cc(C=C2SC(=N)NC2=O)c1OC. The maximum atomic E-state index is 11.6. The number of methoxy groups -OCH3 is 2. The van der Waals surface area contributed by atoms with Gasteiger partial charge in [0, 0.05) is 16.7 Å². The van der Waals surface area contributed by atoms with Crippen LogP contribution in [-0.4, -0.2) is 25.3 Å². The van der Waals surface area contributed by atoms with E-state index in [0.717, 1.165) is 11.8 Å². The summed E-state index contributed by atoms with van der Waals surface area (Å²) in [7, 11) is 3.02. The molecule has 0 radical (unpaired) electrons. The Morgan fingerprint density at radius 2 is 2.11 bits per heavy atom. The Balaban J connectivity index is 2.50. The fourth-order valence-electron chi connectivity index (χ4n) is 1.65. The predicted octanol–water partition coefficient (Wildman–Crippen LogP) is 2.50. The van der Waals surface area contributed by atoms with Gasteiger partial charge in [-0.3, -0.25) is 10.2 Å². The Labute approximate surface area is 119 Å². The molecule has 0 aromatic heterocycles. The van der Waals surface area contributed by atoms with Crippen LogP contribution in [0.4, 0.5) is 0 Å². The third-order valence-electron chi connectivity index (χ3n) is 2.42. The first-order valence-electron chi connectivity index (χ1n) is 5.26. The number of halogens is 1. The number of benzene rings is 1. The number of amidine groups is 1. The molecule has 0 atom stereocenters. The van der Waals surface area contributed by atoms with Crippen LogP contribution in [0.3, 0.4) is 0 Å². The molecular formula is C12H11ClN2O3S. The van der Waals surface area contributed by atoms with E-state index in [9.17, 15) is 4.79 Å². The molecule has 100 valence electrons. The monoisotopic (exact) mass is 298 g/mol. The zero-order valence-corrected chi connectivity index (χ0v) is 11.8. The fourth-order valence-corrected chi connectivity index (χ4v) is 2.56. The molecule has 0 saturated carbocycles. The molecule has 7 heteroatoms. The van der Waals surface area contributed by atoms with Crippen LogP contribution in [0.1, 0.15) is 5.56 Å². The maximum absolute atomic E-state index is 11.6. The molecule has 0 bridgehead atoms. The number of hydrogen-bond acceptors (Lipinski definition) is 5. The second-order valence-electron chi connectivity index (χ2n) is 3.62. The summed E-state index contributed by atoms with van der Waals surface area (Å²) < 4.78 is 10.5. The van der Waals surface area contributed by atoms with Gasteiger partial charge in [0.25, 0.3) is 5.91 Å². The molecule has 1 aromatic carbocycles. The number of nitrogens with one attached hydrogen (secondary N) is 2. The van der Waals surface area contributed by atoms with Crippen molar-refractivity contribution in [2.24, 2.45) is 0 Å². The van der Waals surface area contributed by atoms with Crippen LogP contribution in [0.5, 0.6) is 11.5 Å². The van der Waals surface area contributed by atoms with Crippen molar-refractivity contribution in [1.29, 1.82) is 5.41 Å². The molecule has 2 N–H and O–H groups in total. The van der Waals surface area contributed by atoms with Crippen molar-refractivity contribution in [3.05, 3.63) is 27.6 Å². The molecule has 1 fully saturated rings. The molecule has 19 heavy (non-hydrogen) atoms. The molecule has 0 aliphatic carbocycles. The minimum atomic E-state index is -0.309. The molecule has 5 nitrogen and oxygen atoms in total. The van der Waals surface area contributed by atoms with Crippen LogP contribution in [0.25, 0.3) is 6.08 Å². The number of ether oxygens (including phenoxy) is 2. The summed E-state index contributed by atoms with van der Waals surface area (Å²) in [5, 5.41) is 10.4. The quantitative estimate of drug-likeness (QED) is 0.841. The van der Waals surface area contributed by atoms with E-state index in [1.807, 2.05) is 0 Å². The first-order chi connectivity index (χ1) is 9.05. The zero-order chi connectivity index (χ0) is 14.0. The summed E-state index contributed by atoms with van der Waals surface area (Å²) in [6.07, 6.45) is 1.62. The second kappa shape index (κ2) is 5.54. The zero-order valence-electron chi connectivity index (χ0n) is 10.2. The lowest BCUT2D eigenvalue weighted by atomic mass is 10.1. The highest BCUT2D eigenvalue weighted by molar-refractivity contribution is 8.18.